The summed E-state index contributed by atoms with van der Waals surface area (Å²) in [5.74, 6) is 0.565. The molecule has 1 aliphatic heterocycles. The zero-order valence-electron chi connectivity index (χ0n) is 14.3. The number of ether oxygens (including phenoxy) is 1. The lowest BCUT2D eigenvalue weighted by Gasteiger charge is -2.42. The molecule has 4 heteroatoms. The van der Waals surface area contributed by atoms with Gasteiger partial charge in [0.15, 0.2) is 0 Å². The van der Waals surface area contributed by atoms with E-state index < -0.39 is 0 Å². The van der Waals surface area contributed by atoms with Crippen molar-refractivity contribution in [3.63, 3.8) is 0 Å². The maximum Gasteiger partial charge on any atom is 0.220 e. The molecule has 1 fully saturated rings. The van der Waals surface area contributed by atoms with Crippen molar-refractivity contribution in [3.05, 3.63) is 35.4 Å². The van der Waals surface area contributed by atoms with Gasteiger partial charge in [0.1, 0.15) is 0 Å². The van der Waals surface area contributed by atoms with Gasteiger partial charge in [-0.1, -0.05) is 24.3 Å². The minimum atomic E-state index is 0.0431. The van der Waals surface area contributed by atoms with Crippen LogP contribution in [0.25, 0.3) is 0 Å². The Morgan fingerprint density at radius 2 is 2.04 bits per heavy atom. The van der Waals surface area contributed by atoms with Gasteiger partial charge in [-0.25, -0.2) is 0 Å². The maximum atomic E-state index is 12.5. The predicted octanol–water partition coefficient (Wildman–Crippen LogP) is 2.33. The van der Waals surface area contributed by atoms with Gasteiger partial charge in [-0.15, -0.1) is 0 Å². The second-order valence-corrected chi connectivity index (χ2v) is 7.15. The van der Waals surface area contributed by atoms with Crippen LogP contribution in [0.15, 0.2) is 24.3 Å². The fraction of sp³-hybridized carbons (Fsp3) is 0.632. The van der Waals surface area contributed by atoms with E-state index in [1.54, 1.807) is 0 Å². The van der Waals surface area contributed by atoms with Gasteiger partial charge in [-0.3, -0.25) is 4.79 Å². The third-order valence-corrected chi connectivity index (χ3v) is 5.68. The molecular formula is C19H28N2O2. The molecule has 1 heterocycles. The van der Waals surface area contributed by atoms with Crippen LogP contribution >= 0.6 is 0 Å². The second-order valence-electron chi connectivity index (χ2n) is 7.15. The highest BCUT2D eigenvalue weighted by Crippen LogP contribution is 2.35. The number of hydrogen-bond donors (Lipinski definition) is 1. The molecule has 0 aromatic heterocycles. The first-order valence-corrected chi connectivity index (χ1v) is 8.70. The minimum Gasteiger partial charge on any atom is -0.381 e. The van der Waals surface area contributed by atoms with Crippen LogP contribution in [0.3, 0.4) is 0 Å². The van der Waals surface area contributed by atoms with E-state index in [4.69, 9.17) is 4.74 Å². The molecule has 1 aromatic rings. The van der Waals surface area contributed by atoms with Crippen LogP contribution in [0.5, 0.6) is 0 Å². The van der Waals surface area contributed by atoms with Crippen LogP contribution in [-0.4, -0.2) is 50.2 Å². The number of nitrogens with zero attached hydrogens (tertiary/aromatic N) is 1. The van der Waals surface area contributed by atoms with E-state index in [-0.39, 0.29) is 11.4 Å². The van der Waals surface area contributed by atoms with Crippen molar-refractivity contribution in [2.75, 3.05) is 33.9 Å². The van der Waals surface area contributed by atoms with E-state index in [1.807, 2.05) is 0 Å². The Labute approximate surface area is 139 Å². The van der Waals surface area contributed by atoms with Crippen LogP contribution < -0.4 is 5.32 Å². The van der Waals surface area contributed by atoms with E-state index in [1.165, 1.54) is 11.1 Å². The lowest BCUT2D eigenvalue weighted by molar-refractivity contribution is -0.122. The highest BCUT2D eigenvalue weighted by atomic mass is 16.5. The molecule has 1 aliphatic carbocycles. The number of likely N-dealkylation sites (N-methyl/N-ethyl adjacent to an activating group) is 1. The third kappa shape index (κ3) is 3.59. The smallest absolute Gasteiger partial charge is 0.220 e. The van der Waals surface area contributed by atoms with E-state index in [2.05, 4.69) is 48.6 Å². The standard InChI is InChI=1S/C19H28N2O2/c1-21(2)19(9-11-23-12-10-19)14-20-18(22)13-16-8-7-15-5-3-4-6-17(15)16/h3-6,16H,7-14H2,1-2H3,(H,20,22). The van der Waals surface area contributed by atoms with Crippen LogP contribution in [-0.2, 0) is 16.0 Å². The van der Waals surface area contributed by atoms with Gasteiger partial charge >= 0.3 is 0 Å². The van der Waals surface area contributed by atoms with Crippen LogP contribution in [0.4, 0.5) is 0 Å². The van der Waals surface area contributed by atoms with Crippen molar-refractivity contribution in [2.45, 2.75) is 43.6 Å². The topological polar surface area (TPSA) is 41.6 Å². The molecule has 2 aliphatic rings. The number of benzene rings is 1. The summed E-state index contributed by atoms with van der Waals surface area (Å²) in [6.45, 7) is 2.28. The van der Waals surface area contributed by atoms with Crippen molar-refractivity contribution in [1.82, 2.24) is 10.2 Å². The first-order valence-electron chi connectivity index (χ1n) is 8.70. The molecule has 1 N–H and O–H groups in total. The number of aryl methyl sites for hydroxylation is 1. The zero-order chi connectivity index (χ0) is 16.3. The normalized spacial score (nSPS) is 22.8. The number of carbonyl (C=O) groups excluding carboxylic acids is 1. The fourth-order valence-corrected chi connectivity index (χ4v) is 3.95. The molecule has 0 saturated carbocycles. The maximum absolute atomic E-state index is 12.5. The summed E-state index contributed by atoms with van der Waals surface area (Å²) in [5, 5.41) is 3.20. The Bertz CT molecular complexity index is 550. The predicted molar refractivity (Wildman–Crippen MR) is 91.6 cm³/mol. The van der Waals surface area contributed by atoms with Gasteiger partial charge < -0.3 is 15.0 Å². The lowest BCUT2D eigenvalue weighted by Crippen LogP contribution is -2.55. The Hall–Kier alpha value is -1.39. The number of carbonyl (C=O) groups is 1. The van der Waals surface area contributed by atoms with Gasteiger partial charge in [0.25, 0.3) is 0 Å². The average molecular weight is 316 g/mol. The first kappa shape index (κ1) is 16.5. The van der Waals surface area contributed by atoms with Crippen molar-refractivity contribution in [1.29, 1.82) is 0 Å². The van der Waals surface area contributed by atoms with Crippen molar-refractivity contribution < 1.29 is 9.53 Å². The Morgan fingerprint density at radius 3 is 2.78 bits per heavy atom. The van der Waals surface area contributed by atoms with E-state index in [0.717, 1.165) is 45.4 Å². The summed E-state index contributed by atoms with van der Waals surface area (Å²) in [5.41, 5.74) is 2.83. The zero-order valence-corrected chi connectivity index (χ0v) is 14.3. The van der Waals surface area contributed by atoms with Gasteiger partial charge in [-0.05, 0) is 56.8 Å². The molecule has 0 spiro atoms. The van der Waals surface area contributed by atoms with Crippen LogP contribution in [0.1, 0.15) is 42.7 Å². The molecule has 1 atom stereocenters. The number of nitrogens with one attached hydrogen (secondary N) is 1. The average Bonchev–Trinajstić information content (AvgIpc) is 2.97. The molecule has 126 valence electrons. The number of hydrogen-bond acceptors (Lipinski definition) is 3. The highest BCUT2D eigenvalue weighted by Gasteiger charge is 2.35. The number of fused-ring (bicyclic) bond motifs is 1. The Balaban J connectivity index is 1.56. The van der Waals surface area contributed by atoms with Crippen LogP contribution in [0.2, 0.25) is 0 Å². The molecular weight excluding hydrogens is 288 g/mol. The van der Waals surface area contributed by atoms with Crippen LogP contribution in [0, 0.1) is 0 Å². The van der Waals surface area contributed by atoms with Gasteiger partial charge in [0, 0.05) is 31.7 Å². The summed E-state index contributed by atoms with van der Waals surface area (Å²) < 4.78 is 5.49. The van der Waals surface area contributed by atoms with Gasteiger partial charge in [-0.2, -0.15) is 0 Å². The molecule has 23 heavy (non-hydrogen) atoms. The van der Waals surface area contributed by atoms with E-state index in [9.17, 15) is 4.79 Å². The summed E-state index contributed by atoms with van der Waals surface area (Å²) in [6, 6.07) is 8.54. The monoisotopic (exact) mass is 316 g/mol. The van der Waals surface area contributed by atoms with Crippen molar-refractivity contribution in [3.8, 4) is 0 Å². The molecule has 1 saturated heterocycles. The fourth-order valence-electron chi connectivity index (χ4n) is 3.95. The van der Waals surface area contributed by atoms with Gasteiger partial charge in [0.05, 0.1) is 0 Å². The summed E-state index contributed by atoms with van der Waals surface area (Å²) in [4.78, 5) is 14.7. The van der Waals surface area contributed by atoms with E-state index >= 15 is 0 Å². The second kappa shape index (κ2) is 7.02. The first-order chi connectivity index (χ1) is 11.1. The molecule has 0 bridgehead atoms. The highest BCUT2D eigenvalue weighted by molar-refractivity contribution is 5.77. The third-order valence-electron chi connectivity index (χ3n) is 5.68. The lowest BCUT2D eigenvalue weighted by atomic mass is 9.88. The number of amides is 1. The summed E-state index contributed by atoms with van der Waals surface area (Å²) in [7, 11) is 4.20. The molecule has 3 rings (SSSR count). The molecule has 1 unspecified atom stereocenters. The van der Waals surface area contributed by atoms with Crippen molar-refractivity contribution in [2.24, 2.45) is 0 Å². The van der Waals surface area contributed by atoms with E-state index in [0.29, 0.717) is 12.3 Å². The quantitative estimate of drug-likeness (QED) is 0.906. The SMILES string of the molecule is CN(C)C1(CNC(=O)CC2CCc3ccccc32)CCOCC1. The molecule has 4 nitrogen and oxygen atoms in total. The summed E-state index contributed by atoms with van der Waals surface area (Å²) in [6.07, 6.45) is 4.77. The minimum absolute atomic E-state index is 0.0431. The molecule has 0 radical (unpaired) electrons. The summed E-state index contributed by atoms with van der Waals surface area (Å²) >= 11 is 0. The van der Waals surface area contributed by atoms with Crippen molar-refractivity contribution >= 4 is 5.91 Å². The number of rotatable bonds is 5. The molecule has 1 aromatic carbocycles. The Morgan fingerprint density at radius 1 is 1.30 bits per heavy atom. The van der Waals surface area contributed by atoms with Gasteiger partial charge in [0.2, 0.25) is 5.91 Å². The Kier molecular flexibility index (Phi) is 5.02. The largest absolute Gasteiger partial charge is 0.381 e. The molecule has 1 amide bonds.